The number of aromatic amines is 1. The zero-order valence-electron chi connectivity index (χ0n) is 11.8. The van der Waals surface area contributed by atoms with Crippen LogP contribution in [0.5, 0.6) is 0 Å². The van der Waals surface area contributed by atoms with Crippen molar-refractivity contribution in [2.45, 2.75) is 12.8 Å². The van der Waals surface area contributed by atoms with Gasteiger partial charge in [-0.2, -0.15) is 0 Å². The molecule has 0 unspecified atom stereocenters. The molecule has 106 valence electrons. The molecule has 0 aliphatic heterocycles. The molecule has 1 aromatic heterocycles. The quantitative estimate of drug-likeness (QED) is 0.740. The van der Waals surface area contributed by atoms with Crippen molar-refractivity contribution in [2.24, 2.45) is 0 Å². The molecule has 0 bridgehead atoms. The number of carbonyl (C=O) groups excluding carboxylic acids is 1. The van der Waals surface area contributed by atoms with Crippen molar-refractivity contribution in [1.82, 2.24) is 10.3 Å². The average molecular weight is 278 g/mol. The number of para-hydroxylation sites is 1. The van der Waals surface area contributed by atoms with Gasteiger partial charge in [-0.25, -0.2) is 0 Å². The Kier molecular flexibility index (Phi) is 4.01. The van der Waals surface area contributed by atoms with Crippen LogP contribution in [0.15, 0.2) is 60.8 Å². The molecule has 3 rings (SSSR count). The number of hydrogen-bond acceptors (Lipinski definition) is 1. The third-order valence-corrected chi connectivity index (χ3v) is 3.60. The number of rotatable bonds is 5. The van der Waals surface area contributed by atoms with E-state index in [9.17, 15) is 4.79 Å². The lowest BCUT2D eigenvalue weighted by atomic mass is 10.1. The first-order valence-corrected chi connectivity index (χ1v) is 7.18. The van der Waals surface area contributed by atoms with E-state index in [0.29, 0.717) is 13.0 Å². The van der Waals surface area contributed by atoms with Gasteiger partial charge in [0.25, 0.3) is 0 Å². The lowest BCUT2D eigenvalue weighted by molar-refractivity contribution is -0.120. The monoisotopic (exact) mass is 278 g/mol. The SMILES string of the molecule is O=C(Cc1c[nH]c2ccccc12)NCCc1ccccc1. The van der Waals surface area contributed by atoms with Crippen molar-refractivity contribution in [2.75, 3.05) is 6.54 Å². The molecule has 0 aliphatic carbocycles. The average Bonchev–Trinajstić information content (AvgIpc) is 2.92. The zero-order chi connectivity index (χ0) is 14.5. The predicted octanol–water partition coefficient (Wildman–Crippen LogP) is 3.07. The fourth-order valence-corrected chi connectivity index (χ4v) is 2.50. The van der Waals surface area contributed by atoms with Gasteiger partial charge >= 0.3 is 0 Å². The smallest absolute Gasteiger partial charge is 0.224 e. The Morgan fingerprint density at radius 1 is 1.00 bits per heavy atom. The molecule has 2 aromatic carbocycles. The maximum absolute atomic E-state index is 12.0. The Labute approximate surface area is 124 Å². The van der Waals surface area contributed by atoms with E-state index in [1.54, 1.807) is 0 Å². The second-order valence-electron chi connectivity index (χ2n) is 5.12. The van der Waals surface area contributed by atoms with Crippen molar-refractivity contribution >= 4 is 16.8 Å². The molecule has 0 radical (unpaired) electrons. The van der Waals surface area contributed by atoms with E-state index < -0.39 is 0 Å². The zero-order valence-corrected chi connectivity index (χ0v) is 11.8. The van der Waals surface area contributed by atoms with Gasteiger partial charge in [0.1, 0.15) is 0 Å². The highest BCUT2D eigenvalue weighted by molar-refractivity contribution is 5.88. The van der Waals surface area contributed by atoms with Crippen LogP contribution in [0.2, 0.25) is 0 Å². The number of fused-ring (bicyclic) bond motifs is 1. The van der Waals surface area contributed by atoms with Crippen LogP contribution in [0.25, 0.3) is 10.9 Å². The first-order chi connectivity index (χ1) is 10.3. The molecule has 3 nitrogen and oxygen atoms in total. The van der Waals surface area contributed by atoms with E-state index in [0.717, 1.165) is 22.9 Å². The van der Waals surface area contributed by atoms with Crippen LogP contribution < -0.4 is 5.32 Å². The van der Waals surface area contributed by atoms with E-state index in [-0.39, 0.29) is 5.91 Å². The van der Waals surface area contributed by atoms with E-state index in [1.165, 1.54) is 5.56 Å². The Morgan fingerprint density at radius 2 is 1.76 bits per heavy atom. The Balaban J connectivity index is 1.55. The normalized spacial score (nSPS) is 10.7. The van der Waals surface area contributed by atoms with Crippen LogP contribution in [0.1, 0.15) is 11.1 Å². The number of aromatic nitrogens is 1. The van der Waals surface area contributed by atoms with Crippen LogP contribution in [0.3, 0.4) is 0 Å². The van der Waals surface area contributed by atoms with Crippen molar-refractivity contribution in [3.63, 3.8) is 0 Å². The van der Waals surface area contributed by atoms with Gasteiger partial charge in [0.15, 0.2) is 0 Å². The highest BCUT2D eigenvalue weighted by Gasteiger charge is 2.07. The Hall–Kier alpha value is -2.55. The minimum atomic E-state index is 0.0654. The summed E-state index contributed by atoms with van der Waals surface area (Å²) in [6.45, 7) is 0.672. The predicted molar refractivity (Wildman–Crippen MR) is 85.2 cm³/mol. The molecule has 1 heterocycles. The van der Waals surface area contributed by atoms with E-state index >= 15 is 0 Å². The van der Waals surface area contributed by atoms with Crippen LogP contribution in [0.4, 0.5) is 0 Å². The topological polar surface area (TPSA) is 44.9 Å². The van der Waals surface area contributed by atoms with Gasteiger partial charge in [-0.3, -0.25) is 4.79 Å². The first kappa shape index (κ1) is 13.4. The van der Waals surface area contributed by atoms with Gasteiger partial charge in [0.05, 0.1) is 6.42 Å². The second-order valence-corrected chi connectivity index (χ2v) is 5.12. The van der Waals surface area contributed by atoms with E-state index in [4.69, 9.17) is 0 Å². The summed E-state index contributed by atoms with van der Waals surface area (Å²) in [6.07, 6.45) is 3.20. The molecule has 0 atom stereocenters. The molecule has 3 aromatic rings. The molecular weight excluding hydrogens is 260 g/mol. The summed E-state index contributed by atoms with van der Waals surface area (Å²) < 4.78 is 0. The Morgan fingerprint density at radius 3 is 2.62 bits per heavy atom. The van der Waals surface area contributed by atoms with Crippen molar-refractivity contribution in [1.29, 1.82) is 0 Å². The second kappa shape index (κ2) is 6.27. The van der Waals surface area contributed by atoms with E-state index in [1.807, 2.05) is 48.7 Å². The maximum Gasteiger partial charge on any atom is 0.224 e. The van der Waals surface area contributed by atoms with Gasteiger partial charge < -0.3 is 10.3 Å². The Bertz CT molecular complexity index is 731. The lowest BCUT2D eigenvalue weighted by Gasteiger charge is -2.05. The summed E-state index contributed by atoms with van der Waals surface area (Å²) >= 11 is 0. The van der Waals surface area contributed by atoms with Gasteiger partial charge in [0, 0.05) is 23.6 Å². The standard InChI is InChI=1S/C18H18N2O/c21-18(19-11-10-14-6-2-1-3-7-14)12-15-13-20-17-9-5-4-8-16(15)17/h1-9,13,20H,10-12H2,(H,19,21). The number of hydrogen-bond donors (Lipinski definition) is 2. The van der Waals surface area contributed by atoms with Crippen LogP contribution in [-0.4, -0.2) is 17.4 Å². The molecule has 1 amide bonds. The van der Waals surface area contributed by atoms with Crippen molar-refractivity contribution in [3.05, 3.63) is 71.9 Å². The summed E-state index contributed by atoms with van der Waals surface area (Å²) in [5.41, 5.74) is 3.36. The molecule has 0 saturated heterocycles. The minimum absolute atomic E-state index is 0.0654. The molecule has 0 spiro atoms. The summed E-state index contributed by atoms with van der Waals surface area (Å²) in [4.78, 5) is 15.2. The number of benzene rings is 2. The molecule has 3 heteroatoms. The fourth-order valence-electron chi connectivity index (χ4n) is 2.50. The number of H-pyrrole nitrogens is 1. The minimum Gasteiger partial charge on any atom is -0.361 e. The highest BCUT2D eigenvalue weighted by atomic mass is 16.1. The lowest BCUT2D eigenvalue weighted by Crippen LogP contribution is -2.27. The fraction of sp³-hybridized carbons (Fsp3) is 0.167. The van der Waals surface area contributed by atoms with Gasteiger partial charge in [-0.05, 0) is 23.6 Å². The van der Waals surface area contributed by atoms with Crippen molar-refractivity contribution < 1.29 is 4.79 Å². The third-order valence-electron chi connectivity index (χ3n) is 3.60. The molecule has 21 heavy (non-hydrogen) atoms. The number of carbonyl (C=O) groups is 1. The first-order valence-electron chi connectivity index (χ1n) is 7.18. The molecule has 0 aliphatic rings. The molecule has 0 saturated carbocycles. The van der Waals surface area contributed by atoms with Gasteiger partial charge in [0.2, 0.25) is 5.91 Å². The van der Waals surface area contributed by atoms with Crippen LogP contribution >= 0.6 is 0 Å². The number of amides is 1. The largest absolute Gasteiger partial charge is 0.361 e. The summed E-state index contributed by atoms with van der Waals surface area (Å²) in [5, 5.41) is 4.10. The van der Waals surface area contributed by atoms with Gasteiger partial charge in [-0.1, -0.05) is 48.5 Å². The molecular formula is C18H18N2O. The highest BCUT2D eigenvalue weighted by Crippen LogP contribution is 2.17. The number of nitrogens with one attached hydrogen (secondary N) is 2. The molecule has 0 fully saturated rings. The van der Waals surface area contributed by atoms with Crippen LogP contribution in [0, 0.1) is 0 Å². The maximum atomic E-state index is 12.0. The summed E-state index contributed by atoms with van der Waals surface area (Å²) in [7, 11) is 0. The van der Waals surface area contributed by atoms with E-state index in [2.05, 4.69) is 22.4 Å². The summed E-state index contributed by atoms with van der Waals surface area (Å²) in [5.74, 6) is 0.0654. The van der Waals surface area contributed by atoms with Crippen molar-refractivity contribution in [3.8, 4) is 0 Å². The molecule has 2 N–H and O–H groups in total. The van der Waals surface area contributed by atoms with Crippen LogP contribution in [-0.2, 0) is 17.6 Å². The van der Waals surface area contributed by atoms with Gasteiger partial charge in [-0.15, -0.1) is 0 Å². The summed E-state index contributed by atoms with van der Waals surface area (Å²) in [6, 6.07) is 18.2. The third kappa shape index (κ3) is 3.31.